The summed E-state index contributed by atoms with van der Waals surface area (Å²) >= 11 is 0. The fourth-order valence-electron chi connectivity index (χ4n) is 3.45. The number of aliphatic carboxylic acids is 1. The number of anilines is 1. The van der Waals surface area contributed by atoms with Gasteiger partial charge in [0.15, 0.2) is 18.1 Å². The van der Waals surface area contributed by atoms with Crippen molar-refractivity contribution < 1.29 is 28.9 Å². The van der Waals surface area contributed by atoms with Gasteiger partial charge in [-0.25, -0.2) is 4.79 Å². The van der Waals surface area contributed by atoms with Crippen LogP contribution in [-0.2, 0) is 16.1 Å². The summed E-state index contributed by atoms with van der Waals surface area (Å²) in [5.74, 6) is -0.845. The molecule has 0 aliphatic rings. The van der Waals surface area contributed by atoms with Crippen LogP contribution in [-0.4, -0.2) is 43.6 Å². The molecule has 0 bridgehead atoms. The number of nitrogens with two attached hydrogens (primary N) is 1. The summed E-state index contributed by atoms with van der Waals surface area (Å²) in [5, 5.41) is 22.8. The summed E-state index contributed by atoms with van der Waals surface area (Å²) in [5.41, 5.74) is 7.89. The summed E-state index contributed by atoms with van der Waals surface area (Å²) in [6, 6.07) is 18.1. The van der Waals surface area contributed by atoms with Crippen molar-refractivity contribution in [1.82, 2.24) is 5.32 Å². The Morgan fingerprint density at radius 2 is 1.61 bits per heavy atom. The van der Waals surface area contributed by atoms with E-state index >= 15 is 0 Å². The first-order valence-electron chi connectivity index (χ1n) is 11.0. The number of amidine groups is 1. The summed E-state index contributed by atoms with van der Waals surface area (Å²) in [7, 11) is 2.90. The number of hydrogen-bond acceptors (Lipinski definition) is 7. The van der Waals surface area contributed by atoms with Gasteiger partial charge in [-0.1, -0.05) is 30.3 Å². The van der Waals surface area contributed by atoms with Crippen LogP contribution in [0.2, 0.25) is 0 Å². The zero-order chi connectivity index (χ0) is 26.1. The van der Waals surface area contributed by atoms with Gasteiger partial charge in [0.05, 0.1) is 14.2 Å². The highest BCUT2D eigenvalue weighted by Crippen LogP contribution is 2.39. The second kappa shape index (κ2) is 12.1. The third-order valence-electron chi connectivity index (χ3n) is 5.26. The lowest BCUT2D eigenvalue weighted by Crippen LogP contribution is -2.33. The molecule has 0 heterocycles. The molecule has 3 aromatic rings. The Balaban J connectivity index is 2.02. The zero-order valence-electron chi connectivity index (χ0n) is 19.9. The number of carbonyl (C=O) groups is 2. The molecule has 0 saturated heterocycles. The number of carboxylic acid groups (broad SMARTS) is 1. The average molecular weight is 493 g/mol. The van der Waals surface area contributed by atoms with Crippen LogP contribution in [0.4, 0.5) is 5.69 Å². The van der Waals surface area contributed by atoms with E-state index in [-0.39, 0.29) is 24.0 Å². The number of benzene rings is 3. The van der Waals surface area contributed by atoms with Crippen LogP contribution in [0.15, 0.2) is 66.7 Å². The van der Waals surface area contributed by atoms with Gasteiger partial charge in [0.1, 0.15) is 17.6 Å². The Labute approximate surface area is 208 Å². The van der Waals surface area contributed by atoms with E-state index in [0.717, 1.165) is 5.56 Å². The minimum Gasteiger partial charge on any atom is -0.493 e. The van der Waals surface area contributed by atoms with Gasteiger partial charge in [0.25, 0.3) is 0 Å². The first-order chi connectivity index (χ1) is 17.3. The smallest absolute Gasteiger partial charge is 0.341 e. The molecule has 0 aliphatic carbocycles. The van der Waals surface area contributed by atoms with E-state index in [1.807, 2.05) is 30.3 Å². The number of nitrogens with one attached hydrogen (secondary N) is 3. The third-order valence-corrected chi connectivity index (χ3v) is 5.26. The maximum absolute atomic E-state index is 13.5. The van der Waals surface area contributed by atoms with Gasteiger partial charge >= 0.3 is 5.97 Å². The zero-order valence-corrected chi connectivity index (χ0v) is 19.9. The lowest BCUT2D eigenvalue weighted by molar-refractivity contribution is -0.139. The first kappa shape index (κ1) is 25.9. The van der Waals surface area contributed by atoms with Crippen molar-refractivity contribution in [3.05, 3.63) is 83.4 Å². The number of nitrogen functional groups attached to an aromatic ring is 1. The predicted molar refractivity (Wildman–Crippen MR) is 135 cm³/mol. The molecular weight excluding hydrogens is 464 g/mol. The number of ether oxygens (including phenoxy) is 3. The van der Waals surface area contributed by atoms with E-state index in [2.05, 4.69) is 10.6 Å². The molecule has 6 N–H and O–H groups in total. The molecule has 0 spiro atoms. The van der Waals surface area contributed by atoms with Crippen molar-refractivity contribution in [2.24, 2.45) is 5.73 Å². The number of carboxylic acids is 1. The van der Waals surface area contributed by atoms with E-state index in [1.165, 1.54) is 20.3 Å². The molecule has 188 valence electrons. The highest BCUT2D eigenvalue weighted by Gasteiger charge is 2.27. The van der Waals surface area contributed by atoms with Crippen LogP contribution in [0.25, 0.3) is 0 Å². The van der Waals surface area contributed by atoms with Crippen molar-refractivity contribution in [3.63, 3.8) is 0 Å². The van der Waals surface area contributed by atoms with E-state index in [4.69, 9.17) is 30.5 Å². The highest BCUT2D eigenvalue weighted by molar-refractivity contribution is 5.95. The molecule has 0 saturated carbocycles. The molecule has 3 rings (SSSR count). The quantitative estimate of drug-likeness (QED) is 0.191. The normalized spacial score (nSPS) is 11.2. The molecular formula is C26H28N4O6. The lowest BCUT2D eigenvalue weighted by Gasteiger charge is -2.24. The van der Waals surface area contributed by atoms with Gasteiger partial charge in [0.2, 0.25) is 5.91 Å². The summed E-state index contributed by atoms with van der Waals surface area (Å²) in [6.07, 6.45) is 0. The second-order valence-corrected chi connectivity index (χ2v) is 7.70. The van der Waals surface area contributed by atoms with Gasteiger partial charge < -0.3 is 35.7 Å². The van der Waals surface area contributed by atoms with E-state index in [9.17, 15) is 9.59 Å². The SMILES string of the molecule is COc1cc(OCC(=O)O)c(C(Nc2ccc(C(=N)N)cc2)C(=O)NCc2ccccc2)cc1OC. The standard InChI is InChI=1S/C26H28N4O6/c1-34-21-12-19(20(13-22(21)35-2)36-15-23(31)32)24(26(33)29-14-16-6-4-3-5-7-16)30-18-10-8-17(9-11-18)25(27)28/h3-13,24,30H,14-15H2,1-2H3,(H3,27,28)(H,29,33)(H,31,32). The van der Waals surface area contributed by atoms with Crippen LogP contribution >= 0.6 is 0 Å². The Morgan fingerprint density at radius 3 is 2.19 bits per heavy atom. The average Bonchev–Trinajstić information content (AvgIpc) is 2.89. The summed E-state index contributed by atoms with van der Waals surface area (Å²) in [6.45, 7) is -0.339. The molecule has 0 aromatic heterocycles. The monoisotopic (exact) mass is 492 g/mol. The molecule has 0 fully saturated rings. The van der Waals surface area contributed by atoms with Crippen LogP contribution in [0, 0.1) is 5.41 Å². The summed E-state index contributed by atoms with van der Waals surface area (Å²) in [4.78, 5) is 24.7. The fraction of sp³-hybridized carbons (Fsp3) is 0.192. The van der Waals surface area contributed by atoms with Crippen LogP contribution in [0.5, 0.6) is 17.2 Å². The van der Waals surface area contributed by atoms with E-state index in [0.29, 0.717) is 28.3 Å². The molecule has 36 heavy (non-hydrogen) atoms. The summed E-state index contributed by atoms with van der Waals surface area (Å²) < 4.78 is 16.3. The molecule has 10 heteroatoms. The fourth-order valence-corrected chi connectivity index (χ4v) is 3.45. The van der Waals surface area contributed by atoms with Crippen molar-refractivity contribution in [2.45, 2.75) is 12.6 Å². The number of hydrogen-bond donors (Lipinski definition) is 5. The number of methoxy groups -OCH3 is 2. The predicted octanol–water partition coefficient (Wildman–Crippen LogP) is 2.92. The van der Waals surface area contributed by atoms with E-state index in [1.54, 1.807) is 30.3 Å². The maximum atomic E-state index is 13.5. The minimum absolute atomic E-state index is 0.0806. The first-order valence-corrected chi connectivity index (χ1v) is 11.0. The van der Waals surface area contributed by atoms with Crippen molar-refractivity contribution >= 4 is 23.4 Å². The van der Waals surface area contributed by atoms with Crippen LogP contribution in [0.3, 0.4) is 0 Å². The number of rotatable bonds is 12. The Kier molecular flexibility index (Phi) is 8.71. The molecule has 1 amide bonds. The van der Waals surface area contributed by atoms with Crippen LogP contribution in [0.1, 0.15) is 22.7 Å². The van der Waals surface area contributed by atoms with Gasteiger partial charge in [0, 0.05) is 29.4 Å². The highest BCUT2D eigenvalue weighted by atomic mass is 16.5. The molecule has 1 unspecified atom stereocenters. The van der Waals surface area contributed by atoms with Crippen molar-refractivity contribution in [2.75, 3.05) is 26.1 Å². The van der Waals surface area contributed by atoms with Crippen LogP contribution < -0.4 is 30.6 Å². The number of carbonyl (C=O) groups excluding carboxylic acids is 1. The molecule has 0 aliphatic heterocycles. The Bertz CT molecular complexity index is 1220. The van der Waals surface area contributed by atoms with E-state index < -0.39 is 18.6 Å². The molecule has 10 nitrogen and oxygen atoms in total. The second-order valence-electron chi connectivity index (χ2n) is 7.70. The van der Waals surface area contributed by atoms with Gasteiger partial charge in [-0.15, -0.1) is 0 Å². The largest absolute Gasteiger partial charge is 0.493 e. The minimum atomic E-state index is -1.17. The Hall–Kier alpha value is -4.73. The number of amides is 1. The topological polar surface area (TPSA) is 156 Å². The molecule has 1 atom stereocenters. The molecule has 0 radical (unpaired) electrons. The molecule has 3 aromatic carbocycles. The van der Waals surface area contributed by atoms with Crippen molar-refractivity contribution in [3.8, 4) is 17.2 Å². The van der Waals surface area contributed by atoms with Crippen molar-refractivity contribution in [1.29, 1.82) is 5.41 Å². The lowest BCUT2D eigenvalue weighted by atomic mass is 10.0. The maximum Gasteiger partial charge on any atom is 0.341 e. The third kappa shape index (κ3) is 6.66. The van der Waals surface area contributed by atoms with Gasteiger partial charge in [-0.3, -0.25) is 10.2 Å². The van der Waals surface area contributed by atoms with Gasteiger partial charge in [-0.2, -0.15) is 0 Å². The van der Waals surface area contributed by atoms with Gasteiger partial charge in [-0.05, 0) is 35.9 Å². The Morgan fingerprint density at radius 1 is 0.972 bits per heavy atom.